The van der Waals surface area contributed by atoms with Crippen molar-refractivity contribution in [2.24, 2.45) is 28.2 Å². The summed E-state index contributed by atoms with van der Waals surface area (Å²) in [5.74, 6) is 6.32. The van der Waals surface area contributed by atoms with E-state index in [2.05, 4.69) is 58.8 Å². The van der Waals surface area contributed by atoms with Crippen molar-refractivity contribution in [3.05, 3.63) is 12.2 Å². The van der Waals surface area contributed by atoms with Gasteiger partial charge in [0.2, 0.25) is 0 Å². The maximum Gasteiger partial charge on any atom is 0.0622 e. The number of allylic oxidation sites excluding steroid dienone is 2. The molecule has 0 spiro atoms. The van der Waals surface area contributed by atoms with Gasteiger partial charge in [0.25, 0.3) is 0 Å². The van der Waals surface area contributed by atoms with Crippen molar-refractivity contribution in [2.45, 2.75) is 48.0 Å². The van der Waals surface area contributed by atoms with Gasteiger partial charge in [-0.3, -0.25) is 0 Å². The number of hydrogen-bond acceptors (Lipinski definition) is 2. The Labute approximate surface area is 94.6 Å². The Morgan fingerprint density at radius 3 is 2.13 bits per heavy atom. The lowest BCUT2D eigenvalue weighted by atomic mass is 9.79. The maximum atomic E-state index is 5.35. The highest BCUT2D eigenvalue weighted by atomic mass is 15.1. The fraction of sp³-hybridized carbons (Fsp3) is 0.769. The normalized spacial score (nSPS) is 16.3. The molecule has 1 unspecified atom stereocenters. The van der Waals surface area contributed by atoms with Gasteiger partial charge >= 0.3 is 0 Å². The van der Waals surface area contributed by atoms with Crippen LogP contribution in [0.15, 0.2) is 17.3 Å². The van der Waals surface area contributed by atoms with Crippen LogP contribution in [0.2, 0.25) is 0 Å². The molecule has 0 bridgehead atoms. The van der Waals surface area contributed by atoms with Gasteiger partial charge in [0.15, 0.2) is 0 Å². The Morgan fingerprint density at radius 1 is 1.33 bits per heavy atom. The number of hydrazone groups is 1. The summed E-state index contributed by atoms with van der Waals surface area (Å²) in [5, 5.41) is 3.81. The molecule has 0 amide bonds. The van der Waals surface area contributed by atoms with E-state index in [0.717, 1.165) is 12.1 Å². The quantitative estimate of drug-likeness (QED) is 0.430. The van der Waals surface area contributed by atoms with Crippen molar-refractivity contribution in [3.63, 3.8) is 0 Å². The van der Waals surface area contributed by atoms with E-state index in [1.54, 1.807) is 0 Å². The Balaban J connectivity index is 4.62. The van der Waals surface area contributed by atoms with Gasteiger partial charge in [-0.2, -0.15) is 5.10 Å². The van der Waals surface area contributed by atoms with Crippen LogP contribution >= 0.6 is 0 Å². The first-order valence-electron chi connectivity index (χ1n) is 5.78. The van der Waals surface area contributed by atoms with Crippen LogP contribution in [0, 0.1) is 17.3 Å². The van der Waals surface area contributed by atoms with Gasteiger partial charge in [0.05, 0.1) is 5.71 Å². The topological polar surface area (TPSA) is 38.4 Å². The summed E-state index contributed by atoms with van der Waals surface area (Å²) in [7, 11) is 0. The Hall–Kier alpha value is -0.790. The minimum absolute atomic E-state index is 0.307. The minimum atomic E-state index is 0.307. The van der Waals surface area contributed by atoms with E-state index < -0.39 is 0 Å². The molecule has 0 saturated carbocycles. The highest BCUT2D eigenvalue weighted by Gasteiger charge is 2.20. The van der Waals surface area contributed by atoms with Gasteiger partial charge in [-0.1, -0.05) is 47.6 Å². The Bertz CT molecular complexity index is 231. The molecule has 1 atom stereocenters. The summed E-state index contributed by atoms with van der Waals surface area (Å²) < 4.78 is 0. The highest BCUT2D eigenvalue weighted by Crippen LogP contribution is 2.29. The molecule has 88 valence electrons. The second-order valence-corrected chi connectivity index (χ2v) is 5.45. The molecule has 0 aromatic heterocycles. The van der Waals surface area contributed by atoms with Gasteiger partial charge < -0.3 is 5.84 Å². The predicted octanol–water partition coefficient (Wildman–Crippen LogP) is 3.59. The van der Waals surface area contributed by atoms with Crippen molar-refractivity contribution < 1.29 is 0 Å². The first-order chi connectivity index (χ1) is 6.82. The standard InChI is InChI=1S/C13H26N2/c1-7-11(13(4,5)6)8-9-12(15-14)10(2)3/h8-11H,7,14H2,1-6H3/b9-8-,15-12+. The molecule has 2 nitrogen and oxygen atoms in total. The number of hydrogen-bond donors (Lipinski definition) is 1. The Kier molecular flexibility index (Phi) is 5.63. The van der Waals surface area contributed by atoms with E-state index in [4.69, 9.17) is 5.84 Å². The van der Waals surface area contributed by atoms with Crippen LogP contribution in [0.3, 0.4) is 0 Å². The molecule has 0 rings (SSSR count). The van der Waals surface area contributed by atoms with E-state index in [1.807, 2.05) is 0 Å². The summed E-state index contributed by atoms with van der Waals surface area (Å²) in [6.45, 7) is 13.2. The van der Waals surface area contributed by atoms with Gasteiger partial charge in [-0.15, -0.1) is 0 Å². The van der Waals surface area contributed by atoms with Crippen LogP contribution in [0.25, 0.3) is 0 Å². The van der Waals surface area contributed by atoms with E-state index in [-0.39, 0.29) is 0 Å². The molecule has 0 fully saturated rings. The summed E-state index contributed by atoms with van der Waals surface area (Å²) >= 11 is 0. The lowest BCUT2D eigenvalue weighted by Gasteiger charge is -2.27. The first kappa shape index (κ1) is 14.2. The molecular weight excluding hydrogens is 184 g/mol. The largest absolute Gasteiger partial charge is 0.323 e. The highest BCUT2D eigenvalue weighted by molar-refractivity contribution is 5.96. The van der Waals surface area contributed by atoms with Gasteiger partial charge in [0, 0.05) is 0 Å². The van der Waals surface area contributed by atoms with Crippen molar-refractivity contribution in [2.75, 3.05) is 0 Å². The van der Waals surface area contributed by atoms with Gasteiger partial charge in [-0.25, -0.2) is 0 Å². The van der Waals surface area contributed by atoms with Crippen LogP contribution in [-0.2, 0) is 0 Å². The molecule has 15 heavy (non-hydrogen) atoms. The monoisotopic (exact) mass is 210 g/mol. The van der Waals surface area contributed by atoms with E-state index in [9.17, 15) is 0 Å². The summed E-state index contributed by atoms with van der Waals surface area (Å²) in [4.78, 5) is 0. The molecule has 0 saturated heterocycles. The number of rotatable bonds is 4. The summed E-state index contributed by atoms with van der Waals surface area (Å²) in [5.41, 5.74) is 1.28. The average Bonchev–Trinajstić information content (AvgIpc) is 2.09. The van der Waals surface area contributed by atoms with Crippen molar-refractivity contribution in [3.8, 4) is 0 Å². The second kappa shape index (κ2) is 5.94. The molecule has 0 aromatic rings. The maximum absolute atomic E-state index is 5.35. The molecule has 0 aliphatic heterocycles. The zero-order chi connectivity index (χ0) is 12.1. The number of nitrogens with two attached hydrogens (primary N) is 1. The molecule has 2 N–H and O–H groups in total. The fourth-order valence-corrected chi connectivity index (χ4v) is 1.64. The summed E-state index contributed by atoms with van der Waals surface area (Å²) in [6.07, 6.45) is 5.46. The SMILES string of the molecule is CCC(/C=C\C(=N/N)C(C)C)C(C)(C)C. The predicted molar refractivity (Wildman–Crippen MR) is 68.8 cm³/mol. The molecule has 0 aromatic carbocycles. The average molecular weight is 210 g/mol. The third-order valence-electron chi connectivity index (χ3n) is 2.79. The van der Waals surface area contributed by atoms with Gasteiger partial charge in [0.1, 0.15) is 0 Å². The molecule has 0 aliphatic rings. The van der Waals surface area contributed by atoms with Crippen LogP contribution in [0.5, 0.6) is 0 Å². The van der Waals surface area contributed by atoms with Crippen LogP contribution in [-0.4, -0.2) is 5.71 Å². The molecule has 0 heterocycles. The first-order valence-corrected chi connectivity index (χ1v) is 5.78. The van der Waals surface area contributed by atoms with Crippen molar-refractivity contribution in [1.29, 1.82) is 0 Å². The van der Waals surface area contributed by atoms with Crippen molar-refractivity contribution in [1.82, 2.24) is 0 Å². The zero-order valence-corrected chi connectivity index (χ0v) is 11.0. The van der Waals surface area contributed by atoms with E-state index >= 15 is 0 Å². The number of nitrogens with zero attached hydrogens (tertiary/aromatic N) is 1. The lowest BCUT2D eigenvalue weighted by Crippen LogP contribution is -2.18. The summed E-state index contributed by atoms with van der Waals surface area (Å²) in [6, 6.07) is 0. The smallest absolute Gasteiger partial charge is 0.0622 e. The third-order valence-corrected chi connectivity index (χ3v) is 2.79. The zero-order valence-electron chi connectivity index (χ0n) is 11.0. The van der Waals surface area contributed by atoms with E-state index in [1.165, 1.54) is 0 Å². The third kappa shape index (κ3) is 5.01. The minimum Gasteiger partial charge on any atom is -0.323 e. The van der Waals surface area contributed by atoms with Crippen LogP contribution in [0.4, 0.5) is 0 Å². The van der Waals surface area contributed by atoms with Crippen molar-refractivity contribution >= 4 is 5.71 Å². The van der Waals surface area contributed by atoms with E-state index in [0.29, 0.717) is 17.3 Å². The lowest BCUT2D eigenvalue weighted by molar-refractivity contribution is 0.286. The Morgan fingerprint density at radius 2 is 1.87 bits per heavy atom. The van der Waals surface area contributed by atoms with Gasteiger partial charge in [-0.05, 0) is 29.7 Å². The second-order valence-electron chi connectivity index (χ2n) is 5.45. The molecule has 0 radical (unpaired) electrons. The fourth-order valence-electron chi connectivity index (χ4n) is 1.64. The van der Waals surface area contributed by atoms with Crippen LogP contribution in [0.1, 0.15) is 48.0 Å². The van der Waals surface area contributed by atoms with Crippen LogP contribution < -0.4 is 5.84 Å². The molecule has 0 aliphatic carbocycles. The molecular formula is C13H26N2. The molecule has 2 heteroatoms.